The molecule has 1 aromatic rings. The van der Waals surface area contributed by atoms with Crippen molar-refractivity contribution in [3.63, 3.8) is 0 Å². The molecule has 1 fully saturated rings. The molecule has 0 saturated heterocycles. The van der Waals surface area contributed by atoms with E-state index in [0.29, 0.717) is 24.8 Å². The maximum Gasteiger partial charge on any atom is 0.226 e. The van der Waals surface area contributed by atoms with Crippen LogP contribution in [0.2, 0.25) is 0 Å². The van der Waals surface area contributed by atoms with E-state index in [4.69, 9.17) is 0 Å². The van der Waals surface area contributed by atoms with Crippen molar-refractivity contribution < 1.29 is 9.59 Å². The van der Waals surface area contributed by atoms with Crippen LogP contribution in [0.1, 0.15) is 59.4 Å². The Hall–Kier alpha value is -2.04. The van der Waals surface area contributed by atoms with Gasteiger partial charge in [0.05, 0.1) is 0 Å². The average molecular weight is 388 g/mol. The lowest BCUT2D eigenvalue weighted by Gasteiger charge is -2.33. The highest BCUT2D eigenvalue weighted by Gasteiger charge is 2.36. The number of benzene rings is 1. The van der Waals surface area contributed by atoms with Crippen molar-refractivity contribution in [3.8, 4) is 0 Å². The maximum atomic E-state index is 13.0. The van der Waals surface area contributed by atoms with Crippen LogP contribution in [0.3, 0.4) is 0 Å². The molecule has 1 atom stereocenters. The predicted octanol–water partition coefficient (Wildman–Crippen LogP) is 4.52. The molecule has 0 aliphatic heterocycles. The molecule has 156 valence electrons. The van der Waals surface area contributed by atoms with Crippen LogP contribution >= 0.6 is 0 Å². The van der Waals surface area contributed by atoms with Gasteiger partial charge in [-0.25, -0.2) is 0 Å². The Morgan fingerprint density at radius 1 is 1.11 bits per heavy atom. The molecule has 0 bridgehead atoms. The second-order valence-corrected chi connectivity index (χ2v) is 9.11. The lowest BCUT2D eigenvalue weighted by molar-refractivity contribution is -0.136. The molecule has 0 spiro atoms. The van der Waals surface area contributed by atoms with Crippen molar-refractivity contribution in [2.45, 2.75) is 66.5 Å². The molecule has 1 saturated carbocycles. The van der Waals surface area contributed by atoms with Gasteiger partial charge >= 0.3 is 0 Å². The molecular weight excluding hydrogens is 350 g/mol. The number of nitrogens with zero attached hydrogens (tertiary/aromatic N) is 2. The van der Waals surface area contributed by atoms with Gasteiger partial charge < -0.3 is 15.1 Å². The quantitative estimate of drug-likeness (QED) is 0.678. The third-order valence-corrected chi connectivity index (χ3v) is 5.45. The van der Waals surface area contributed by atoms with Crippen LogP contribution in [-0.4, -0.2) is 36.9 Å². The number of carbonyl (C=O) groups is 2. The molecule has 0 heterocycles. The maximum absolute atomic E-state index is 13.0. The number of anilines is 2. The van der Waals surface area contributed by atoms with Gasteiger partial charge in [0.1, 0.15) is 0 Å². The smallest absolute Gasteiger partial charge is 0.226 e. The summed E-state index contributed by atoms with van der Waals surface area (Å²) in [5.41, 5.74) is 2.93. The third-order valence-electron chi connectivity index (χ3n) is 5.45. The van der Waals surface area contributed by atoms with Crippen LogP contribution in [0.25, 0.3) is 0 Å². The molecule has 5 nitrogen and oxygen atoms in total. The summed E-state index contributed by atoms with van der Waals surface area (Å²) in [7, 11) is 4.02. The zero-order valence-electron chi connectivity index (χ0n) is 18.6. The number of hydrogen-bond donors (Lipinski definition) is 1. The summed E-state index contributed by atoms with van der Waals surface area (Å²) in [6.45, 7) is 11.1. The molecule has 2 amide bonds. The van der Waals surface area contributed by atoms with E-state index in [-0.39, 0.29) is 23.8 Å². The lowest BCUT2D eigenvalue weighted by Crippen LogP contribution is -2.42. The molecule has 1 aliphatic carbocycles. The second kappa shape index (κ2) is 9.44. The molecule has 0 radical (unpaired) electrons. The fraction of sp³-hybridized carbons (Fsp3) is 0.652. The third kappa shape index (κ3) is 5.98. The van der Waals surface area contributed by atoms with E-state index in [1.165, 1.54) is 0 Å². The first-order valence-electron chi connectivity index (χ1n) is 10.5. The minimum absolute atomic E-state index is 0.0278. The van der Waals surface area contributed by atoms with Gasteiger partial charge in [-0.1, -0.05) is 27.7 Å². The van der Waals surface area contributed by atoms with Gasteiger partial charge in [-0.05, 0) is 55.4 Å². The van der Waals surface area contributed by atoms with Gasteiger partial charge in [0.15, 0.2) is 0 Å². The summed E-state index contributed by atoms with van der Waals surface area (Å²) in [6, 6.07) is 6.16. The first kappa shape index (κ1) is 22.3. The predicted molar refractivity (Wildman–Crippen MR) is 116 cm³/mol. The average Bonchev–Trinajstić information content (AvgIpc) is 3.42. The van der Waals surface area contributed by atoms with Crippen LogP contribution < -0.4 is 10.2 Å². The molecule has 0 unspecified atom stereocenters. The van der Waals surface area contributed by atoms with Crippen LogP contribution in [0.5, 0.6) is 0 Å². The monoisotopic (exact) mass is 387 g/mol. The van der Waals surface area contributed by atoms with Crippen LogP contribution in [0.15, 0.2) is 18.2 Å². The van der Waals surface area contributed by atoms with E-state index in [2.05, 4.69) is 31.0 Å². The molecule has 1 aliphatic rings. The van der Waals surface area contributed by atoms with Crippen LogP contribution in [-0.2, 0) is 16.1 Å². The van der Waals surface area contributed by atoms with Crippen molar-refractivity contribution in [1.82, 2.24) is 4.90 Å². The molecule has 28 heavy (non-hydrogen) atoms. The number of amides is 2. The van der Waals surface area contributed by atoms with Gasteiger partial charge in [0.2, 0.25) is 11.8 Å². The van der Waals surface area contributed by atoms with E-state index in [9.17, 15) is 9.59 Å². The highest BCUT2D eigenvalue weighted by molar-refractivity contribution is 5.91. The van der Waals surface area contributed by atoms with Crippen molar-refractivity contribution in [2.24, 2.45) is 17.8 Å². The van der Waals surface area contributed by atoms with Crippen molar-refractivity contribution in [1.29, 1.82) is 0 Å². The fourth-order valence-electron chi connectivity index (χ4n) is 3.34. The summed E-state index contributed by atoms with van der Waals surface area (Å²) in [5, 5.41) is 3.01. The summed E-state index contributed by atoms with van der Waals surface area (Å²) < 4.78 is 0. The number of carbonyl (C=O) groups excluding carboxylic acids is 2. The van der Waals surface area contributed by atoms with Gasteiger partial charge in [0, 0.05) is 50.4 Å². The number of nitrogens with one attached hydrogen (secondary N) is 1. The molecule has 1 N–H and O–H groups in total. The van der Waals surface area contributed by atoms with Gasteiger partial charge in [-0.15, -0.1) is 0 Å². The Bertz CT molecular complexity index is 693. The normalized spacial score (nSPS) is 14.9. The van der Waals surface area contributed by atoms with E-state index in [1.807, 2.05) is 51.0 Å². The molecule has 0 aromatic heterocycles. The fourth-order valence-corrected chi connectivity index (χ4v) is 3.34. The Balaban J connectivity index is 2.29. The number of hydrogen-bond acceptors (Lipinski definition) is 3. The van der Waals surface area contributed by atoms with E-state index in [0.717, 1.165) is 29.8 Å². The largest absolute Gasteiger partial charge is 0.377 e. The first-order chi connectivity index (χ1) is 13.1. The van der Waals surface area contributed by atoms with Crippen molar-refractivity contribution >= 4 is 23.2 Å². The minimum Gasteiger partial charge on any atom is -0.377 e. The Morgan fingerprint density at radius 2 is 1.75 bits per heavy atom. The topological polar surface area (TPSA) is 52.7 Å². The standard InChI is InChI=1S/C23H37N3O2/c1-15(2)12-22(27)24-20-10-11-21(25(6)7)19(13-20)14-26(17(5)16(3)4)23(28)18-8-9-18/h10-11,13,15-18H,8-9,12,14H2,1-7H3,(H,24,27)/t17-/m0/s1. The lowest BCUT2D eigenvalue weighted by atomic mass is 10.0. The zero-order chi connectivity index (χ0) is 21.0. The summed E-state index contributed by atoms with van der Waals surface area (Å²) in [5.74, 6) is 1.19. The van der Waals surface area contributed by atoms with Gasteiger partial charge in [-0.3, -0.25) is 9.59 Å². The Labute approximate surface area is 170 Å². The molecular formula is C23H37N3O2. The van der Waals surface area contributed by atoms with Crippen molar-refractivity contribution in [3.05, 3.63) is 23.8 Å². The highest BCUT2D eigenvalue weighted by Crippen LogP contribution is 2.34. The molecule has 5 heteroatoms. The number of rotatable bonds is 9. The highest BCUT2D eigenvalue weighted by atomic mass is 16.2. The van der Waals surface area contributed by atoms with Crippen molar-refractivity contribution in [2.75, 3.05) is 24.3 Å². The van der Waals surface area contributed by atoms with Crippen LogP contribution in [0, 0.1) is 17.8 Å². The zero-order valence-corrected chi connectivity index (χ0v) is 18.6. The second-order valence-electron chi connectivity index (χ2n) is 9.11. The molecule has 2 rings (SSSR count). The Morgan fingerprint density at radius 3 is 2.25 bits per heavy atom. The van der Waals surface area contributed by atoms with Gasteiger partial charge in [-0.2, -0.15) is 0 Å². The van der Waals surface area contributed by atoms with E-state index in [1.54, 1.807) is 0 Å². The first-order valence-corrected chi connectivity index (χ1v) is 10.5. The molecule has 1 aromatic carbocycles. The summed E-state index contributed by atoms with van der Waals surface area (Å²) in [6.07, 6.45) is 2.51. The minimum atomic E-state index is 0.0278. The van der Waals surface area contributed by atoms with Gasteiger partial charge in [0.25, 0.3) is 0 Å². The summed E-state index contributed by atoms with van der Waals surface area (Å²) in [4.78, 5) is 29.3. The summed E-state index contributed by atoms with van der Waals surface area (Å²) >= 11 is 0. The van der Waals surface area contributed by atoms with Crippen LogP contribution in [0.4, 0.5) is 11.4 Å². The van der Waals surface area contributed by atoms with E-state index < -0.39 is 0 Å². The Kier molecular flexibility index (Phi) is 7.50. The SMILES string of the molecule is CC(C)CC(=O)Nc1ccc(N(C)C)c(CN(C(=O)C2CC2)[C@@H](C)C(C)C)c1. The van der Waals surface area contributed by atoms with E-state index >= 15 is 0 Å².